The lowest BCUT2D eigenvalue weighted by Crippen LogP contribution is -2.40. The highest BCUT2D eigenvalue weighted by molar-refractivity contribution is 5.85. The van der Waals surface area contributed by atoms with E-state index in [1.54, 1.807) is 31.2 Å². The van der Waals surface area contributed by atoms with Gasteiger partial charge in [0.05, 0.1) is 6.54 Å². The van der Waals surface area contributed by atoms with Gasteiger partial charge in [-0.1, -0.05) is 19.1 Å². The Kier molecular flexibility index (Phi) is 5.57. The fraction of sp³-hybridized carbons (Fsp3) is 0.353. The maximum absolute atomic E-state index is 11.9. The molecular formula is C17H19NO6. The zero-order valence-corrected chi connectivity index (χ0v) is 13.2. The molecular weight excluding hydrogens is 314 g/mol. The Morgan fingerprint density at radius 2 is 1.92 bits per heavy atom. The molecule has 0 aliphatic carbocycles. The molecule has 2 atom stereocenters. The van der Waals surface area contributed by atoms with Gasteiger partial charge in [-0.05, 0) is 23.8 Å². The van der Waals surface area contributed by atoms with Crippen LogP contribution in [0.2, 0.25) is 0 Å². The van der Waals surface area contributed by atoms with Gasteiger partial charge in [-0.2, -0.15) is 0 Å². The molecule has 1 fully saturated rings. The van der Waals surface area contributed by atoms with Crippen LogP contribution in [0.5, 0.6) is 5.75 Å². The smallest absolute Gasteiger partial charge is 0.328 e. The Balaban J connectivity index is 2.02. The van der Waals surface area contributed by atoms with Crippen LogP contribution in [0.15, 0.2) is 30.3 Å². The van der Waals surface area contributed by atoms with Crippen molar-refractivity contribution in [3.63, 3.8) is 0 Å². The summed E-state index contributed by atoms with van der Waals surface area (Å²) >= 11 is 0. The van der Waals surface area contributed by atoms with Crippen LogP contribution in [0.1, 0.15) is 25.3 Å². The first-order chi connectivity index (χ1) is 11.4. The van der Waals surface area contributed by atoms with E-state index in [0.29, 0.717) is 11.3 Å². The second-order valence-corrected chi connectivity index (χ2v) is 5.47. The topological polar surface area (TPSA) is 104 Å². The summed E-state index contributed by atoms with van der Waals surface area (Å²) in [6.07, 6.45) is 2.60. The number of benzene rings is 1. The third kappa shape index (κ3) is 4.34. The summed E-state index contributed by atoms with van der Waals surface area (Å²) in [6.45, 7) is 1.93. The summed E-state index contributed by atoms with van der Waals surface area (Å²) < 4.78 is 5.76. The van der Waals surface area contributed by atoms with E-state index < -0.39 is 18.0 Å². The van der Waals surface area contributed by atoms with Crippen molar-refractivity contribution in [1.82, 2.24) is 4.90 Å². The number of carbonyl (C=O) groups is 3. The molecule has 0 radical (unpaired) electrons. The van der Waals surface area contributed by atoms with Crippen molar-refractivity contribution < 1.29 is 29.3 Å². The monoisotopic (exact) mass is 333 g/mol. The van der Waals surface area contributed by atoms with Crippen molar-refractivity contribution in [2.24, 2.45) is 0 Å². The molecule has 1 saturated heterocycles. The molecule has 0 saturated carbocycles. The first-order valence-electron chi connectivity index (χ1n) is 7.60. The van der Waals surface area contributed by atoms with Crippen molar-refractivity contribution >= 4 is 23.9 Å². The van der Waals surface area contributed by atoms with Gasteiger partial charge in [-0.3, -0.25) is 4.79 Å². The van der Waals surface area contributed by atoms with Gasteiger partial charge in [0.15, 0.2) is 0 Å². The zero-order valence-electron chi connectivity index (χ0n) is 13.2. The zero-order chi connectivity index (χ0) is 17.7. The third-order valence-electron chi connectivity index (χ3n) is 3.77. The number of rotatable bonds is 6. The van der Waals surface area contributed by atoms with Gasteiger partial charge in [-0.25, -0.2) is 9.59 Å². The molecule has 7 heteroatoms. The maximum Gasteiger partial charge on any atom is 0.328 e. The summed E-state index contributed by atoms with van der Waals surface area (Å²) in [5, 5.41) is 17.8. The molecule has 0 aromatic heterocycles. The number of carboxylic acid groups (broad SMARTS) is 2. The highest BCUT2D eigenvalue weighted by Gasteiger charge is 2.40. The van der Waals surface area contributed by atoms with Crippen LogP contribution >= 0.6 is 0 Å². The standard InChI is InChI=1S/C17H19NO6/c1-2-15(19)18-10-13(9-14(18)17(22)23)24-12-6-3-11(4-7-12)5-8-16(20)21/h3-8,13-14H,2,9-10H2,1H3,(H,20,21)(H,22,23)/t13-,14+/m1/s1. The minimum Gasteiger partial charge on any atom is -0.488 e. The normalized spacial score (nSPS) is 20.3. The molecule has 128 valence electrons. The summed E-state index contributed by atoms with van der Waals surface area (Å²) in [5.41, 5.74) is 0.711. The SMILES string of the molecule is CCC(=O)N1C[C@H](Oc2ccc(C=CC(=O)O)cc2)C[C@H]1C(=O)O. The number of hydrogen-bond acceptors (Lipinski definition) is 4. The van der Waals surface area contributed by atoms with Crippen LogP contribution in [0.4, 0.5) is 0 Å². The van der Waals surface area contributed by atoms with Crippen molar-refractivity contribution in [1.29, 1.82) is 0 Å². The van der Waals surface area contributed by atoms with Crippen LogP contribution in [0.25, 0.3) is 6.08 Å². The summed E-state index contributed by atoms with van der Waals surface area (Å²) in [5.74, 6) is -1.72. The lowest BCUT2D eigenvalue weighted by molar-refractivity contribution is -0.148. The molecule has 0 unspecified atom stereocenters. The Bertz CT molecular complexity index is 652. The number of ether oxygens (including phenoxy) is 1. The second-order valence-electron chi connectivity index (χ2n) is 5.47. The van der Waals surface area contributed by atoms with Crippen molar-refractivity contribution in [3.8, 4) is 5.75 Å². The number of aliphatic carboxylic acids is 2. The van der Waals surface area contributed by atoms with Crippen molar-refractivity contribution in [2.45, 2.75) is 31.9 Å². The number of likely N-dealkylation sites (tertiary alicyclic amines) is 1. The first-order valence-corrected chi connectivity index (χ1v) is 7.60. The minimum absolute atomic E-state index is 0.206. The van der Waals surface area contributed by atoms with E-state index in [0.717, 1.165) is 6.08 Å². The largest absolute Gasteiger partial charge is 0.488 e. The Morgan fingerprint density at radius 3 is 2.46 bits per heavy atom. The Hall–Kier alpha value is -2.83. The van der Waals surface area contributed by atoms with Gasteiger partial charge in [0.2, 0.25) is 5.91 Å². The quantitative estimate of drug-likeness (QED) is 0.767. The Morgan fingerprint density at radius 1 is 1.25 bits per heavy atom. The average Bonchev–Trinajstić information content (AvgIpc) is 2.97. The van der Waals surface area contributed by atoms with Crippen LogP contribution in [-0.4, -0.2) is 51.6 Å². The highest BCUT2D eigenvalue weighted by atomic mass is 16.5. The molecule has 0 spiro atoms. The first kappa shape index (κ1) is 17.5. The van der Waals surface area contributed by atoms with Crippen LogP contribution in [0.3, 0.4) is 0 Å². The molecule has 7 nitrogen and oxygen atoms in total. The molecule has 1 aliphatic rings. The van der Waals surface area contributed by atoms with Crippen molar-refractivity contribution in [3.05, 3.63) is 35.9 Å². The van der Waals surface area contributed by atoms with Gasteiger partial charge in [-0.15, -0.1) is 0 Å². The molecule has 1 heterocycles. The molecule has 2 rings (SSSR count). The average molecular weight is 333 g/mol. The number of carbonyl (C=O) groups excluding carboxylic acids is 1. The fourth-order valence-electron chi connectivity index (χ4n) is 2.61. The van der Waals surface area contributed by atoms with Crippen molar-refractivity contribution in [2.75, 3.05) is 6.54 Å². The van der Waals surface area contributed by atoms with Gasteiger partial charge < -0.3 is 19.8 Å². The molecule has 1 aromatic rings. The molecule has 0 bridgehead atoms. The van der Waals surface area contributed by atoms with E-state index in [-0.39, 0.29) is 31.4 Å². The molecule has 1 amide bonds. The van der Waals surface area contributed by atoms with E-state index in [1.807, 2.05) is 0 Å². The number of amides is 1. The highest BCUT2D eigenvalue weighted by Crippen LogP contribution is 2.24. The molecule has 1 aliphatic heterocycles. The lowest BCUT2D eigenvalue weighted by Gasteiger charge is -2.20. The predicted molar refractivity (Wildman–Crippen MR) is 85.6 cm³/mol. The van der Waals surface area contributed by atoms with E-state index in [9.17, 15) is 19.5 Å². The van der Waals surface area contributed by atoms with E-state index in [4.69, 9.17) is 9.84 Å². The van der Waals surface area contributed by atoms with E-state index in [2.05, 4.69) is 0 Å². The van der Waals surface area contributed by atoms with Gasteiger partial charge in [0, 0.05) is 18.9 Å². The summed E-state index contributed by atoms with van der Waals surface area (Å²) in [4.78, 5) is 35.0. The summed E-state index contributed by atoms with van der Waals surface area (Å²) in [7, 11) is 0. The maximum atomic E-state index is 11.9. The van der Waals surface area contributed by atoms with E-state index >= 15 is 0 Å². The fourth-order valence-corrected chi connectivity index (χ4v) is 2.61. The van der Waals surface area contributed by atoms with Gasteiger partial charge >= 0.3 is 11.9 Å². The molecule has 2 N–H and O–H groups in total. The Labute approximate surface area is 139 Å². The number of hydrogen-bond donors (Lipinski definition) is 2. The minimum atomic E-state index is -1.03. The van der Waals surface area contributed by atoms with E-state index in [1.165, 1.54) is 11.0 Å². The van der Waals surface area contributed by atoms with Gasteiger partial charge in [0.1, 0.15) is 17.9 Å². The number of carboxylic acids is 2. The lowest BCUT2D eigenvalue weighted by atomic mass is 10.2. The second kappa shape index (κ2) is 7.63. The molecule has 24 heavy (non-hydrogen) atoms. The van der Waals surface area contributed by atoms with Crippen LogP contribution < -0.4 is 4.74 Å². The number of nitrogens with zero attached hydrogens (tertiary/aromatic N) is 1. The predicted octanol–water partition coefficient (Wildman–Crippen LogP) is 1.63. The molecule has 1 aromatic carbocycles. The van der Waals surface area contributed by atoms with Gasteiger partial charge in [0.25, 0.3) is 0 Å². The van der Waals surface area contributed by atoms with Crippen LogP contribution in [-0.2, 0) is 14.4 Å². The van der Waals surface area contributed by atoms with Crippen LogP contribution in [0, 0.1) is 0 Å². The summed E-state index contributed by atoms with van der Waals surface area (Å²) in [6, 6.07) is 5.91. The third-order valence-corrected chi connectivity index (χ3v) is 3.77.